The predicted octanol–water partition coefficient (Wildman–Crippen LogP) is -0.761. The van der Waals surface area contributed by atoms with E-state index in [2.05, 4.69) is 5.32 Å². The van der Waals surface area contributed by atoms with Crippen molar-refractivity contribution < 1.29 is 14.6 Å². The van der Waals surface area contributed by atoms with Crippen molar-refractivity contribution in [3.8, 4) is 0 Å². The van der Waals surface area contributed by atoms with Crippen LogP contribution in [0.4, 0.5) is 0 Å². The van der Waals surface area contributed by atoms with Gasteiger partial charge in [-0.05, 0) is 13.3 Å². The SMILES string of the molecule is CCC(C)(N)C(=O)NCCOCCO. The van der Waals surface area contributed by atoms with Crippen LogP contribution < -0.4 is 11.1 Å². The zero-order valence-electron chi connectivity index (χ0n) is 8.88. The van der Waals surface area contributed by atoms with Crippen LogP contribution in [0, 0.1) is 0 Å². The summed E-state index contributed by atoms with van der Waals surface area (Å²) in [6.07, 6.45) is 0.594. The van der Waals surface area contributed by atoms with E-state index in [0.29, 0.717) is 26.2 Å². The van der Waals surface area contributed by atoms with Gasteiger partial charge < -0.3 is 20.9 Å². The normalized spacial score (nSPS) is 14.9. The van der Waals surface area contributed by atoms with Gasteiger partial charge in [-0.2, -0.15) is 0 Å². The third kappa shape index (κ3) is 5.16. The van der Waals surface area contributed by atoms with Crippen molar-refractivity contribution in [2.24, 2.45) is 5.73 Å². The maximum Gasteiger partial charge on any atom is 0.239 e. The number of ether oxygens (including phenoxy) is 1. The maximum absolute atomic E-state index is 11.4. The van der Waals surface area contributed by atoms with Crippen LogP contribution in [0.1, 0.15) is 20.3 Å². The fourth-order valence-corrected chi connectivity index (χ4v) is 0.766. The van der Waals surface area contributed by atoms with Crippen LogP contribution in [0.2, 0.25) is 0 Å². The molecular weight excluding hydrogens is 184 g/mol. The summed E-state index contributed by atoms with van der Waals surface area (Å²) < 4.78 is 4.97. The molecule has 1 unspecified atom stereocenters. The minimum Gasteiger partial charge on any atom is -0.394 e. The number of carbonyl (C=O) groups is 1. The minimum atomic E-state index is -0.809. The number of aliphatic hydroxyl groups excluding tert-OH is 1. The van der Waals surface area contributed by atoms with Gasteiger partial charge in [-0.1, -0.05) is 6.92 Å². The van der Waals surface area contributed by atoms with Gasteiger partial charge in [0.1, 0.15) is 0 Å². The molecule has 0 saturated heterocycles. The smallest absolute Gasteiger partial charge is 0.239 e. The largest absolute Gasteiger partial charge is 0.394 e. The molecule has 0 radical (unpaired) electrons. The fraction of sp³-hybridized carbons (Fsp3) is 0.889. The van der Waals surface area contributed by atoms with Crippen LogP contribution >= 0.6 is 0 Å². The topological polar surface area (TPSA) is 84.6 Å². The summed E-state index contributed by atoms with van der Waals surface area (Å²) in [5.41, 5.74) is 4.90. The molecule has 4 N–H and O–H groups in total. The number of rotatable bonds is 7. The number of carbonyl (C=O) groups excluding carboxylic acids is 1. The average molecular weight is 204 g/mol. The van der Waals surface area contributed by atoms with Crippen molar-refractivity contribution in [2.75, 3.05) is 26.4 Å². The van der Waals surface area contributed by atoms with Gasteiger partial charge in [-0.25, -0.2) is 0 Å². The number of amides is 1. The van der Waals surface area contributed by atoms with Crippen LogP contribution in [0.3, 0.4) is 0 Å². The molecule has 0 bridgehead atoms. The lowest BCUT2D eigenvalue weighted by molar-refractivity contribution is -0.126. The van der Waals surface area contributed by atoms with E-state index in [9.17, 15) is 4.79 Å². The van der Waals surface area contributed by atoms with Crippen molar-refractivity contribution >= 4 is 5.91 Å². The molecule has 1 atom stereocenters. The van der Waals surface area contributed by atoms with Crippen molar-refractivity contribution in [3.05, 3.63) is 0 Å². The Balaban J connectivity index is 3.54. The summed E-state index contributed by atoms with van der Waals surface area (Å²) in [7, 11) is 0. The Labute approximate surface area is 84.6 Å². The molecule has 5 nitrogen and oxygen atoms in total. The van der Waals surface area contributed by atoms with Crippen LogP contribution in [0.5, 0.6) is 0 Å². The molecule has 0 aliphatic rings. The predicted molar refractivity (Wildman–Crippen MR) is 53.8 cm³/mol. The fourth-order valence-electron chi connectivity index (χ4n) is 0.766. The van der Waals surface area contributed by atoms with Gasteiger partial charge >= 0.3 is 0 Å². The number of nitrogens with one attached hydrogen (secondary N) is 1. The average Bonchev–Trinajstić information content (AvgIpc) is 2.17. The second-order valence-corrected chi connectivity index (χ2v) is 3.36. The van der Waals surface area contributed by atoms with E-state index in [-0.39, 0.29) is 12.5 Å². The summed E-state index contributed by atoms with van der Waals surface area (Å²) in [4.78, 5) is 11.4. The van der Waals surface area contributed by atoms with Crippen molar-refractivity contribution in [2.45, 2.75) is 25.8 Å². The minimum absolute atomic E-state index is 0.00247. The van der Waals surface area contributed by atoms with E-state index in [1.165, 1.54) is 0 Å². The van der Waals surface area contributed by atoms with Gasteiger partial charge in [0.2, 0.25) is 5.91 Å². The maximum atomic E-state index is 11.4. The molecule has 0 fully saturated rings. The van der Waals surface area contributed by atoms with Crippen molar-refractivity contribution in [1.29, 1.82) is 0 Å². The van der Waals surface area contributed by atoms with E-state index < -0.39 is 5.54 Å². The third-order valence-electron chi connectivity index (χ3n) is 2.02. The first-order chi connectivity index (χ1) is 6.54. The molecule has 0 heterocycles. The Bertz CT molecular complexity index is 171. The van der Waals surface area contributed by atoms with Crippen LogP contribution in [0.25, 0.3) is 0 Å². The standard InChI is InChI=1S/C9H20N2O3/c1-3-9(2,10)8(13)11-4-6-14-7-5-12/h12H,3-7,10H2,1-2H3,(H,11,13). The molecule has 0 aromatic heterocycles. The number of hydrogen-bond donors (Lipinski definition) is 3. The Hall–Kier alpha value is -0.650. The second kappa shape index (κ2) is 6.75. The molecule has 1 amide bonds. The molecule has 5 heteroatoms. The Morgan fingerprint density at radius 3 is 2.71 bits per heavy atom. The van der Waals surface area contributed by atoms with Crippen LogP contribution in [-0.2, 0) is 9.53 Å². The molecule has 0 spiro atoms. The number of aliphatic hydroxyl groups is 1. The highest BCUT2D eigenvalue weighted by atomic mass is 16.5. The molecule has 0 aliphatic heterocycles. The summed E-state index contributed by atoms with van der Waals surface area (Å²) >= 11 is 0. The van der Waals surface area contributed by atoms with Gasteiger partial charge in [0.15, 0.2) is 0 Å². The monoisotopic (exact) mass is 204 g/mol. The number of nitrogens with two attached hydrogens (primary N) is 1. The first-order valence-electron chi connectivity index (χ1n) is 4.80. The molecule has 84 valence electrons. The zero-order valence-corrected chi connectivity index (χ0v) is 8.88. The third-order valence-corrected chi connectivity index (χ3v) is 2.02. The molecule has 0 aliphatic carbocycles. The summed E-state index contributed by atoms with van der Waals surface area (Å²) in [6.45, 7) is 4.66. The lowest BCUT2D eigenvalue weighted by Crippen LogP contribution is -2.51. The van der Waals surface area contributed by atoms with E-state index >= 15 is 0 Å². The Morgan fingerprint density at radius 1 is 1.57 bits per heavy atom. The van der Waals surface area contributed by atoms with Crippen molar-refractivity contribution in [3.63, 3.8) is 0 Å². The summed E-state index contributed by atoms with van der Waals surface area (Å²) in [6, 6.07) is 0. The molecule has 0 saturated carbocycles. The first-order valence-corrected chi connectivity index (χ1v) is 4.80. The lowest BCUT2D eigenvalue weighted by Gasteiger charge is -2.21. The van der Waals surface area contributed by atoms with Gasteiger partial charge in [0.25, 0.3) is 0 Å². The van der Waals surface area contributed by atoms with E-state index in [1.54, 1.807) is 6.92 Å². The first kappa shape index (κ1) is 13.4. The zero-order chi connectivity index (χ0) is 11.0. The summed E-state index contributed by atoms with van der Waals surface area (Å²) in [5, 5.41) is 11.1. The number of hydrogen-bond acceptors (Lipinski definition) is 4. The van der Waals surface area contributed by atoms with Gasteiger partial charge in [-0.15, -0.1) is 0 Å². The van der Waals surface area contributed by atoms with E-state index in [1.807, 2.05) is 6.92 Å². The quantitative estimate of drug-likeness (QED) is 0.476. The highest BCUT2D eigenvalue weighted by Gasteiger charge is 2.24. The second-order valence-electron chi connectivity index (χ2n) is 3.36. The van der Waals surface area contributed by atoms with Gasteiger partial charge in [0, 0.05) is 6.54 Å². The molecule has 0 aromatic rings. The van der Waals surface area contributed by atoms with E-state index in [0.717, 1.165) is 0 Å². The Kier molecular flexibility index (Phi) is 6.44. The molecule has 0 aromatic carbocycles. The Morgan fingerprint density at radius 2 is 2.21 bits per heavy atom. The molecule has 0 rings (SSSR count). The van der Waals surface area contributed by atoms with Crippen LogP contribution in [-0.4, -0.2) is 42.9 Å². The lowest BCUT2D eigenvalue weighted by atomic mass is 10.00. The highest BCUT2D eigenvalue weighted by Crippen LogP contribution is 2.03. The molecule has 14 heavy (non-hydrogen) atoms. The van der Waals surface area contributed by atoms with Gasteiger partial charge in [0.05, 0.1) is 25.4 Å². The summed E-state index contributed by atoms with van der Waals surface area (Å²) in [5.74, 6) is -0.174. The van der Waals surface area contributed by atoms with Crippen LogP contribution in [0.15, 0.2) is 0 Å². The highest BCUT2D eigenvalue weighted by molar-refractivity contribution is 5.85. The van der Waals surface area contributed by atoms with Crippen molar-refractivity contribution in [1.82, 2.24) is 5.32 Å². The van der Waals surface area contributed by atoms with Gasteiger partial charge in [-0.3, -0.25) is 4.79 Å². The van der Waals surface area contributed by atoms with E-state index in [4.69, 9.17) is 15.6 Å². The molecular formula is C9H20N2O3.